The van der Waals surface area contributed by atoms with Crippen LogP contribution in [0.15, 0.2) is 78.9 Å². The number of aryl methyl sites for hydroxylation is 1. The Kier molecular flexibility index (Phi) is 9.01. The summed E-state index contributed by atoms with van der Waals surface area (Å²) in [5.74, 6) is 0.256. The lowest BCUT2D eigenvalue weighted by Crippen LogP contribution is -2.53. The molecule has 6 heteroatoms. The zero-order valence-electron chi connectivity index (χ0n) is 20.7. The molecule has 188 valence electrons. The second kappa shape index (κ2) is 12.6. The summed E-state index contributed by atoms with van der Waals surface area (Å²) in [7, 11) is 0. The van der Waals surface area contributed by atoms with Crippen LogP contribution in [0.2, 0.25) is 5.02 Å². The van der Waals surface area contributed by atoms with Crippen molar-refractivity contribution in [2.45, 2.75) is 57.7 Å². The lowest BCUT2D eigenvalue weighted by atomic mass is 10.0. The molecule has 1 aliphatic carbocycles. The lowest BCUT2D eigenvalue weighted by Gasteiger charge is -2.32. The summed E-state index contributed by atoms with van der Waals surface area (Å²) in [5.41, 5.74) is 3.01. The first kappa shape index (κ1) is 25.8. The number of ether oxygens (including phenoxy) is 1. The van der Waals surface area contributed by atoms with Crippen LogP contribution in [0, 0.1) is 6.92 Å². The average molecular weight is 505 g/mol. The molecule has 1 aliphatic rings. The molecule has 0 aliphatic heterocycles. The fourth-order valence-corrected chi connectivity index (χ4v) is 4.70. The fourth-order valence-electron chi connectivity index (χ4n) is 4.57. The van der Waals surface area contributed by atoms with E-state index < -0.39 is 6.04 Å². The van der Waals surface area contributed by atoms with Gasteiger partial charge in [-0.25, -0.2) is 0 Å². The third-order valence-corrected chi connectivity index (χ3v) is 6.87. The summed E-state index contributed by atoms with van der Waals surface area (Å²) < 4.78 is 5.83. The molecule has 3 aromatic carbocycles. The molecule has 5 nitrogen and oxygen atoms in total. The van der Waals surface area contributed by atoms with Gasteiger partial charge < -0.3 is 15.0 Å². The Morgan fingerprint density at radius 1 is 0.944 bits per heavy atom. The van der Waals surface area contributed by atoms with Crippen LogP contribution in [0.25, 0.3) is 0 Å². The smallest absolute Gasteiger partial charge is 0.261 e. The number of nitrogens with zero attached hydrogens (tertiary/aromatic N) is 1. The van der Waals surface area contributed by atoms with Gasteiger partial charge in [-0.3, -0.25) is 9.59 Å². The summed E-state index contributed by atoms with van der Waals surface area (Å²) >= 11 is 6.09. The van der Waals surface area contributed by atoms with E-state index in [0.717, 1.165) is 42.4 Å². The minimum atomic E-state index is -0.669. The molecule has 0 heterocycles. The molecule has 0 spiro atoms. The third-order valence-electron chi connectivity index (χ3n) is 6.62. The van der Waals surface area contributed by atoms with Crippen molar-refractivity contribution < 1.29 is 14.3 Å². The molecule has 0 aromatic heterocycles. The highest BCUT2D eigenvalue weighted by atomic mass is 35.5. The van der Waals surface area contributed by atoms with Crippen LogP contribution in [0.5, 0.6) is 5.75 Å². The fraction of sp³-hybridized carbons (Fsp3) is 0.333. The maximum atomic E-state index is 13.6. The number of rotatable bonds is 10. The molecule has 1 N–H and O–H groups in total. The first-order chi connectivity index (χ1) is 17.5. The predicted octanol–water partition coefficient (Wildman–Crippen LogP) is 5.73. The van der Waals surface area contributed by atoms with Crippen molar-refractivity contribution in [3.05, 3.63) is 101 Å². The monoisotopic (exact) mass is 504 g/mol. The van der Waals surface area contributed by atoms with Crippen molar-refractivity contribution >= 4 is 23.4 Å². The Labute approximate surface area is 218 Å². The lowest BCUT2D eigenvalue weighted by molar-refractivity contribution is -0.143. The van der Waals surface area contributed by atoms with Gasteiger partial charge in [-0.15, -0.1) is 0 Å². The largest absolute Gasteiger partial charge is 0.484 e. The second-order valence-corrected chi connectivity index (χ2v) is 9.88. The topological polar surface area (TPSA) is 58.6 Å². The minimum absolute atomic E-state index is 0.122. The Morgan fingerprint density at radius 3 is 2.28 bits per heavy atom. The number of carbonyl (C=O) groups excluding carboxylic acids is 2. The van der Waals surface area contributed by atoms with Gasteiger partial charge in [0.25, 0.3) is 5.91 Å². The van der Waals surface area contributed by atoms with Crippen molar-refractivity contribution in [3.63, 3.8) is 0 Å². The Balaban J connectivity index is 1.59. The number of carbonyl (C=O) groups is 2. The van der Waals surface area contributed by atoms with E-state index >= 15 is 0 Å². The molecule has 1 atom stereocenters. The quantitative estimate of drug-likeness (QED) is 0.384. The van der Waals surface area contributed by atoms with E-state index in [0.29, 0.717) is 17.2 Å². The molecule has 0 radical (unpaired) electrons. The third kappa shape index (κ3) is 7.34. The van der Waals surface area contributed by atoms with Gasteiger partial charge in [0.05, 0.1) is 0 Å². The van der Waals surface area contributed by atoms with E-state index in [1.807, 2.05) is 73.7 Å². The van der Waals surface area contributed by atoms with Crippen LogP contribution < -0.4 is 10.1 Å². The van der Waals surface area contributed by atoms with Crippen molar-refractivity contribution in [1.29, 1.82) is 0 Å². The van der Waals surface area contributed by atoms with Gasteiger partial charge in [0.2, 0.25) is 5.91 Å². The van der Waals surface area contributed by atoms with Crippen LogP contribution >= 0.6 is 11.6 Å². The molecule has 3 aromatic rings. The number of benzene rings is 3. The SMILES string of the molecule is Cc1ccc(OCC(=O)N(Cc2ccc(Cl)cc2)[C@H](Cc2ccccc2)C(=O)NC2CCCC2)cc1. The van der Waals surface area contributed by atoms with E-state index in [2.05, 4.69) is 5.32 Å². The second-order valence-electron chi connectivity index (χ2n) is 9.45. The van der Waals surface area contributed by atoms with Crippen molar-refractivity contribution in [2.75, 3.05) is 6.61 Å². The van der Waals surface area contributed by atoms with Gasteiger partial charge in [-0.05, 0) is 55.2 Å². The number of amides is 2. The van der Waals surface area contributed by atoms with Crippen LogP contribution in [0.3, 0.4) is 0 Å². The molecule has 36 heavy (non-hydrogen) atoms. The minimum Gasteiger partial charge on any atom is -0.484 e. The highest BCUT2D eigenvalue weighted by molar-refractivity contribution is 6.30. The number of hydrogen-bond acceptors (Lipinski definition) is 3. The van der Waals surface area contributed by atoms with E-state index in [9.17, 15) is 9.59 Å². The van der Waals surface area contributed by atoms with Gasteiger partial charge in [-0.2, -0.15) is 0 Å². The molecular formula is C30H33ClN2O3. The highest BCUT2D eigenvalue weighted by Crippen LogP contribution is 2.21. The Morgan fingerprint density at radius 2 is 1.61 bits per heavy atom. The maximum Gasteiger partial charge on any atom is 0.261 e. The average Bonchev–Trinajstić information content (AvgIpc) is 3.40. The molecule has 0 unspecified atom stereocenters. The number of hydrogen-bond donors (Lipinski definition) is 1. The maximum absolute atomic E-state index is 13.6. The first-order valence-electron chi connectivity index (χ1n) is 12.6. The first-order valence-corrected chi connectivity index (χ1v) is 12.9. The van der Waals surface area contributed by atoms with Crippen LogP contribution in [-0.2, 0) is 22.6 Å². The Hall–Kier alpha value is -3.31. The molecular weight excluding hydrogens is 472 g/mol. The van der Waals surface area contributed by atoms with Crippen molar-refractivity contribution in [3.8, 4) is 5.75 Å². The van der Waals surface area contributed by atoms with E-state index in [1.54, 1.807) is 17.0 Å². The van der Waals surface area contributed by atoms with Gasteiger partial charge in [0.1, 0.15) is 11.8 Å². The number of halogens is 1. The van der Waals surface area contributed by atoms with Crippen LogP contribution in [0.4, 0.5) is 0 Å². The summed E-state index contributed by atoms with van der Waals surface area (Å²) in [6.07, 6.45) is 4.61. The highest BCUT2D eigenvalue weighted by Gasteiger charge is 2.32. The zero-order chi connectivity index (χ0) is 25.3. The summed E-state index contributed by atoms with van der Waals surface area (Å²) in [6, 6.07) is 24.3. The molecule has 1 saturated carbocycles. The zero-order valence-corrected chi connectivity index (χ0v) is 21.4. The molecule has 1 fully saturated rings. The van der Waals surface area contributed by atoms with Gasteiger partial charge in [0.15, 0.2) is 6.61 Å². The van der Waals surface area contributed by atoms with Crippen LogP contribution in [-0.4, -0.2) is 35.4 Å². The van der Waals surface area contributed by atoms with Gasteiger partial charge in [0, 0.05) is 24.0 Å². The van der Waals surface area contributed by atoms with Gasteiger partial charge in [-0.1, -0.05) is 84.6 Å². The summed E-state index contributed by atoms with van der Waals surface area (Å²) in [4.78, 5) is 28.9. The summed E-state index contributed by atoms with van der Waals surface area (Å²) in [6.45, 7) is 2.13. The molecule has 0 bridgehead atoms. The summed E-state index contributed by atoms with van der Waals surface area (Å²) in [5, 5.41) is 3.84. The normalized spacial score (nSPS) is 14.3. The van der Waals surface area contributed by atoms with E-state index in [4.69, 9.17) is 16.3 Å². The molecule has 4 rings (SSSR count). The van der Waals surface area contributed by atoms with Gasteiger partial charge >= 0.3 is 0 Å². The van der Waals surface area contributed by atoms with Crippen molar-refractivity contribution in [2.24, 2.45) is 0 Å². The van der Waals surface area contributed by atoms with Crippen LogP contribution in [0.1, 0.15) is 42.4 Å². The predicted molar refractivity (Wildman–Crippen MR) is 143 cm³/mol. The van der Waals surface area contributed by atoms with E-state index in [-0.39, 0.29) is 31.0 Å². The molecule has 0 saturated heterocycles. The Bertz CT molecular complexity index is 1130. The molecule has 2 amide bonds. The number of nitrogens with one attached hydrogen (secondary N) is 1. The standard InChI is InChI=1S/C30H33ClN2O3/c1-22-11-17-27(18-12-22)36-21-29(34)33(20-24-13-15-25(31)16-14-24)28(19-23-7-3-2-4-8-23)30(35)32-26-9-5-6-10-26/h2-4,7-8,11-18,26,28H,5-6,9-10,19-21H2,1H3,(H,32,35)/t28-/m1/s1. The van der Waals surface area contributed by atoms with Crippen molar-refractivity contribution in [1.82, 2.24) is 10.2 Å². The van der Waals surface area contributed by atoms with E-state index in [1.165, 1.54) is 0 Å².